The van der Waals surface area contributed by atoms with Crippen LogP contribution in [0.3, 0.4) is 0 Å². The third kappa shape index (κ3) is 5.29. The fourth-order valence-corrected chi connectivity index (χ4v) is 3.70. The van der Waals surface area contributed by atoms with Crippen LogP contribution in [0.1, 0.15) is 11.3 Å². The number of hydrogen-bond donors (Lipinski definition) is 2. The Balaban J connectivity index is 1.98. The Morgan fingerprint density at radius 3 is 2.52 bits per heavy atom. The first kappa shape index (κ1) is 19.4. The Labute approximate surface area is 153 Å². The molecule has 1 heterocycles. The molecule has 0 aliphatic heterocycles. The SMILES string of the molecule is Cc1cc(N(C)C)nc(NCCNS(=O)(=O)c2cc(Cl)ccc2C)n1. The molecule has 0 aliphatic carbocycles. The Morgan fingerprint density at radius 1 is 1.12 bits per heavy atom. The summed E-state index contributed by atoms with van der Waals surface area (Å²) in [6, 6.07) is 6.66. The molecule has 136 valence electrons. The molecule has 0 fully saturated rings. The molecular formula is C16H22ClN5O2S. The summed E-state index contributed by atoms with van der Waals surface area (Å²) in [6.07, 6.45) is 0. The van der Waals surface area contributed by atoms with Crippen molar-refractivity contribution in [3.05, 3.63) is 40.5 Å². The van der Waals surface area contributed by atoms with Gasteiger partial charge in [-0.05, 0) is 31.5 Å². The molecule has 0 bridgehead atoms. The number of benzene rings is 1. The third-order valence-electron chi connectivity index (χ3n) is 3.44. The predicted molar refractivity (Wildman–Crippen MR) is 101 cm³/mol. The van der Waals surface area contributed by atoms with Gasteiger partial charge in [0.1, 0.15) is 5.82 Å². The number of nitrogens with zero attached hydrogens (tertiary/aromatic N) is 3. The molecule has 0 aliphatic rings. The van der Waals surface area contributed by atoms with E-state index in [1.807, 2.05) is 32.0 Å². The predicted octanol–water partition coefficient (Wildman–Crippen LogP) is 2.20. The minimum atomic E-state index is -3.62. The molecule has 2 aromatic rings. The zero-order chi connectivity index (χ0) is 18.6. The summed E-state index contributed by atoms with van der Waals surface area (Å²) in [5.74, 6) is 1.24. The molecule has 1 aromatic carbocycles. The van der Waals surface area contributed by atoms with Gasteiger partial charge >= 0.3 is 0 Å². The lowest BCUT2D eigenvalue weighted by molar-refractivity contribution is 0.582. The van der Waals surface area contributed by atoms with Crippen molar-refractivity contribution in [2.24, 2.45) is 0 Å². The maximum atomic E-state index is 12.4. The van der Waals surface area contributed by atoms with Gasteiger partial charge < -0.3 is 10.2 Å². The van der Waals surface area contributed by atoms with Gasteiger partial charge in [0.05, 0.1) is 4.90 Å². The fourth-order valence-electron chi connectivity index (χ4n) is 2.16. The summed E-state index contributed by atoms with van der Waals surface area (Å²) in [5, 5.41) is 3.41. The summed E-state index contributed by atoms with van der Waals surface area (Å²) in [7, 11) is 0.171. The Hall–Kier alpha value is -1.90. The van der Waals surface area contributed by atoms with Crippen molar-refractivity contribution in [1.82, 2.24) is 14.7 Å². The second-order valence-electron chi connectivity index (χ2n) is 5.82. The first-order valence-electron chi connectivity index (χ1n) is 7.72. The number of rotatable bonds is 7. The second-order valence-corrected chi connectivity index (χ2v) is 7.99. The quantitative estimate of drug-likeness (QED) is 0.713. The van der Waals surface area contributed by atoms with E-state index >= 15 is 0 Å². The van der Waals surface area contributed by atoms with Crippen molar-refractivity contribution in [2.45, 2.75) is 18.7 Å². The van der Waals surface area contributed by atoms with Crippen LogP contribution in [0, 0.1) is 13.8 Å². The van der Waals surface area contributed by atoms with Gasteiger partial charge in [0.25, 0.3) is 0 Å². The Bertz CT molecular complexity index is 856. The van der Waals surface area contributed by atoms with E-state index in [9.17, 15) is 8.42 Å². The molecule has 9 heteroatoms. The first-order valence-corrected chi connectivity index (χ1v) is 9.58. The first-order chi connectivity index (χ1) is 11.7. The number of halogens is 1. The number of sulfonamides is 1. The standard InChI is InChI=1S/C16H22ClN5O2S/c1-11-5-6-13(17)10-14(11)25(23,24)19-8-7-18-16-20-12(2)9-15(21-16)22(3)4/h5-6,9-10,19H,7-8H2,1-4H3,(H,18,20,21). The van der Waals surface area contributed by atoms with Gasteiger partial charge in [0.15, 0.2) is 0 Å². The molecule has 0 spiro atoms. The molecule has 2 rings (SSSR count). The summed E-state index contributed by atoms with van der Waals surface area (Å²) in [6.45, 7) is 4.16. The van der Waals surface area contributed by atoms with E-state index in [0.29, 0.717) is 23.1 Å². The van der Waals surface area contributed by atoms with Crippen LogP contribution in [0.25, 0.3) is 0 Å². The van der Waals surface area contributed by atoms with Crippen molar-refractivity contribution < 1.29 is 8.42 Å². The lowest BCUT2D eigenvalue weighted by Gasteiger charge is -2.14. The highest BCUT2D eigenvalue weighted by Crippen LogP contribution is 2.19. The molecule has 2 N–H and O–H groups in total. The Kier molecular flexibility index (Phi) is 6.21. The smallest absolute Gasteiger partial charge is 0.240 e. The monoisotopic (exact) mass is 383 g/mol. The third-order valence-corrected chi connectivity index (χ3v) is 5.28. The summed E-state index contributed by atoms with van der Waals surface area (Å²) >= 11 is 5.89. The lowest BCUT2D eigenvalue weighted by atomic mass is 10.2. The van der Waals surface area contributed by atoms with Crippen LogP contribution < -0.4 is 14.9 Å². The molecule has 25 heavy (non-hydrogen) atoms. The molecule has 0 radical (unpaired) electrons. The van der Waals surface area contributed by atoms with Gasteiger partial charge in [-0.2, -0.15) is 4.98 Å². The highest BCUT2D eigenvalue weighted by atomic mass is 35.5. The average Bonchev–Trinajstić information content (AvgIpc) is 2.53. The average molecular weight is 384 g/mol. The van der Waals surface area contributed by atoms with Gasteiger partial charge in [-0.1, -0.05) is 17.7 Å². The largest absolute Gasteiger partial charge is 0.363 e. The van der Waals surface area contributed by atoms with Crippen LogP contribution in [-0.2, 0) is 10.0 Å². The van der Waals surface area contributed by atoms with Crippen molar-refractivity contribution in [1.29, 1.82) is 0 Å². The number of hydrogen-bond acceptors (Lipinski definition) is 6. The van der Waals surface area contributed by atoms with E-state index in [0.717, 1.165) is 11.5 Å². The van der Waals surface area contributed by atoms with Crippen molar-refractivity contribution in [2.75, 3.05) is 37.4 Å². The summed E-state index contributed by atoms with van der Waals surface area (Å²) < 4.78 is 27.3. The molecule has 0 amide bonds. The normalized spacial score (nSPS) is 11.4. The number of aromatic nitrogens is 2. The van der Waals surface area contributed by atoms with E-state index in [-0.39, 0.29) is 11.4 Å². The number of nitrogens with one attached hydrogen (secondary N) is 2. The zero-order valence-corrected chi connectivity index (χ0v) is 16.2. The maximum Gasteiger partial charge on any atom is 0.240 e. The van der Waals surface area contributed by atoms with E-state index in [4.69, 9.17) is 11.6 Å². The van der Waals surface area contributed by atoms with Crippen molar-refractivity contribution >= 4 is 33.4 Å². The van der Waals surface area contributed by atoms with Crippen LogP contribution in [-0.4, -0.2) is 45.6 Å². The van der Waals surface area contributed by atoms with Gasteiger partial charge in [-0.3, -0.25) is 0 Å². The van der Waals surface area contributed by atoms with Gasteiger partial charge in [0, 0.05) is 44.0 Å². The maximum absolute atomic E-state index is 12.4. The van der Waals surface area contributed by atoms with Gasteiger partial charge in [-0.25, -0.2) is 18.1 Å². The summed E-state index contributed by atoms with van der Waals surface area (Å²) in [4.78, 5) is 10.7. The molecule has 0 saturated carbocycles. The molecule has 0 saturated heterocycles. The minimum absolute atomic E-state index is 0.182. The minimum Gasteiger partial charge on any atom is -0.363 e. The van der Waals surface area contributed by atoms with Crippen LogP contribution in [0.15, 0.2) is 29.2 Å². The van der Waals surface area contributed by atoms with Crippen molar-refractivity contribution in [3.63, 3.8) is 0 Å². The van der Waals surface area contributed by atoms with Gasteiger partial charge in [0.2, 0.25) is 16.0 Å². The zero-order valence-electron chi connectivity index (χ0n) is 14.7. The van der Waals surface area contributed by atoms with Crippen LogP contribution >= 0.6 is 11.6 Å². The highest BCUT2D eigenvalue weighted by molar-refractivity contribution is 7.89. The van der Waals surface area contributed by atoms with E-state index in [1.165, 1.54) is 6.07 Å². The number of anilines is 2. The lowest BCUT2D eigenvalue weighted by Crippen LogP contribution is -2.29. The molecule has 7 nitrogen and oxygen atoms in total. The molecular weight excluding hydrogens is 362 g/mol. The van der Waals surface area contributed by atoms with E-state index in [1.54, 1.807) is 19.1 Å². The van der Waals surface area contributed by atoms with Crippen molar-refractivity contribution in [3.8, 4) is 0 Å². The van der Waals surface area contributed by atoms with Crippen LogP contribution in [0.4, 0.5) is 11.8 Å². The second kappa shape index (κ2) is 7.99. The van der Waals surface area contributed by atoms with E-state index < -0.39 is 10.0 Å². The van der Waals surface area contributed by atoms with Crippen LogP contribution in [0.2, 0.25) is 5.02 Å². The fraction of sp³-hybridized carbons (Fsp3) is 0.375. The highest BCUT2D eigenvalue weighted by Gasteiger charge is 2.16. The molecule has 1 aromatic heterocycles. The summed E-state index contributed by atoms with van der Waals surface area (Å²) in [5.41, 5.74) is 1.47. The van der Waals surface area contributed by atoms with Gasteiger partial charge in [-0.15, -0.1) is 0 Å². The molecule has 0 atom stereocenters. The topological polar surface area (TPSA) is 87.2 Å². The Morgan fingerprint density at radius 2 is 1.84 bits per heavy atom. The van der Waals surface area contributed by atoms with E-state index in [2.05, 4.69) is 20.0 Å². The number of aryl methyl sites for hydroxylation is 2. The van der Waals surface area contributed by atoms with Crippen LogP contribution in [0.5, 0.6) is 0 Å². The molecule has 0 unspecified atom stereocenters.